The lowest BCUT2D eigenvalue weighted by Gasteiger charge is -2.08. The molecule has 4 rings (SSSR count). The third-order valence-corrected chi connectivity index (χ3v) is 5.09. The fourth-order valence-corrected chi connectivity index (χ4v) is 3.38. The van der Waals surface area contributed by atoms with Gasteiger partial charge in [0.25, 0.3) is 5.91 Å². The van der Waals surface area contributed by atoms with Crippen molar-refractivity contribution in [3.05, 3.63) is 70.9 Å². The molecule has 28 heavy (non-hydrogen) atoms. The molecule has 0 aliphatic heterocycles. The van der Waals surface area contributed by atoms with Gasteiger partial charge in [0, 0.05) is 18.0 Å². The zero-order valence-electron chi connectivity index (χ0n) is 15.2. The van der Waals surface area contributed by atoms with Crippen LogP contribution in [-0.4, -0.2) is 21.6 Å². The van der Waals surface area contributed by atoms with Gasteiger partial charge < -0.3 is 15.1 Å². The van der Waals surface area contributed by atoms with Crippen molar-refractivity contribution in [2.24, 2.45) is 13.0 Å². The van der Waals surface area contributed by atoms with Crippen LogP contribution in [0.5, 0.6) is 0 Å². The topological polar surface area (TPSA) is 89.2 Å². The minimum atomic E-state index is -0.336. The number of amides is 2. The molecule has 2 N–H and O–H groups in total. The standard InChI is InChI=1S/C20H19ClN4O3/c1-25-18(20(27)22-10-14-3-2-8-28-14)17(11-23-25)24-19(26)16-9-15(16)12-4-6-13(21)7-5-12/h2-8,11,15-16H,9-10H2,1H3,(H,22,27)(H,24,26). The third-order valence-electron chi connectivity index (χ3n) is 4.84. The maximum atomic E-state index is 12.6. The highest BCUT2D eigenvalue weighted by Gasteiger charge is 2.44. The minimum Gasteiger partial charge on any atom is -0.467 e. The summed E-state index contributed by atoms with van der Waals surface area (Å²) < 4.78 is 6.65. The van der Waals surface area contributed by atoms with Gasteiger partial charge in [-0.3, -0.25) is 14.3 Å². The minimum absolute atomic E-state index is 0.118. The number of nitrogens with zero attached hydrogens (tertiary/aromatic N) is 2. The molecule has 2 aromatic heterocycles. The second kappa shape index (κ2) is 7.52. The number of rotatable bonds is 6. The number of nitrogens with one attached hydrogen (secondary N) is 2. The molecule has 2 atom stereocenters. The normalized spacial score (nSPS) is 17.9. The van der Waals surface area contributed by atoms with E-state index in [9.17, 15) is 9.59 Å². The number of carbonyl (C=O) groups is 2. The largest absolute Gasteiger partial charge is 0.467 e. The average molecular weight is 399 g/mol. The Morgan fingerprint density at radius 2 is 2.07 bits per heavy atom. The third kappa shape index (κ3) is 3.80. The van der Waals surface area contributed by atoms with Gasteiger partial charge in [0.15, 0.2) is 0 Å². The number of benzene rings is 1. The van der Waals surface area contributed by atoms with Crippen LogP contribution >= 0.6 is 11.6 Å². The molecule has 7 nitrogen and oxygen atoms in total. The molecule has 2 unspecified atom stereocenters. The summed E-state index contributed by atoms with van der Waals surface area (Å²) in [6, 6.07) is 11.1. The molecule has 0 saturated heterocycles. The van der Waals surface area contributed by atoms with Gasteiger partial charge in [0.1, 0.15) is 11.5 Å². The predicted molar refractivity (Wildman–Crippen MR) is 104 cm³/mol. The van der Waals surface area contributed by atoms with Gasteiger partial charge in [0.05, 0.1) is 24.7 Å². The van der Waals surface area contributed by atoms with Crippen LogP contribution in [0, 0.1) is 5.92 Å². The zero-order valence-corrected chi connectivity index (χ0v) is 15.9. The summed E-state index contributed by atoms with van der Waals surface area (Å²) >= 11 is 5.92. The van der Waals surface area contributed by atoms with E-state index in [0.717, 1.165) is 12.0 Å². The smallest absolute Gasteiger partial charge is 0.272 e. The summed E-state index contributed by atoms with van der Waals surface area (Å²) in [7, 11) is 1.66. The maximum Gasteiger partial charge on any atom is 0.272 e. The summed E-state index contributed by atoms with van der Waals surface area (Å²) in [5.41, 5.74) is 1.78. The maximum absolute atomic E-state index is 12.6. The van der Waals surface area contributed by atoms with Crippen LogP contribution in [0.2, 0.25) is 5.02 Å². The van der Waals surface area contributed by atoms with Crippen LogP contribution < -0.4 is 10.6 Å². The van der Waals surface area contributed by atoms with Crippen LogP contribution in [0.15, 0.2) is 53.3 Å². The zero-order chi connectivity index (χ0) is 19.7. The fraction of sp³-hybridized carbons (Fsp3) is 0.250. The van der Waals surface area contributed by atoms with Crippen LogP contribution in [0.1, 0.15) is 34.2 Å². The second-order valence-electron chi connectivity index (χ2n) is 6.78. The second-order valence-corrected chi connectivity index (χ2v) is 7.22. The molecule has 1 aliphatic rings. The first-order valence-electron chi connectivity index (χ1n) is 8.92. The number of anilines is 1. The van der Waals surface area contributed by atoms with Crippen molar-refractivity contribution in [3.63, 3.8) is 0 Å². The Morgan fingerprint density at radius 1 is 1.29 bits per heavy atom. The quantitative estimate of drug-likeness (QED) is 0.666. The van der Waals surface area contributed by atoms with Crippen molar-refractivity contribution in [3.8, 4) is 0 Å². The molecule has 0 spiro atoms. The Hall–Kier alpha value is -3.06. The molecule has 8 heteroatoms. The number of hydrogen-bond donors (Lipinski definition) is 2. The number of aryl methyl sites for hydroxylation is 1. The van der Waals surface area contributed by atoms with E-state index in [0.29, 0.717) is 22.2 Å². The van der Waals surface area contributed by atoms with Crippen LogP contribution in [0.3, 0.4) is 0 Å². The van der Waals surface area contributed by atoms with E-state index >= 15 is 0 Å². The molecular weight excluding hydrogens is 380 g/mol. The van der Waals surface area contributed by atoms with E-state index in [2.05, 4.69) is 15.7 Å². The molecule has 2 heterocycles. The molecule has 3 aromatic rings. The monoisotopic (exact) mass is 398 g/mol. The van der Waals surface area contributed by atoms with Crippen molar-refractivity contribution in [2.75, 3.05) is 5.32 Å². The Morgan fingerprint density at radius 3 is 2.79 bits per heavy atom. The predicted octanol–water partition coefficient (Wildman–Crippen LogP) is 3.34. The summed E-state index contributed by atoms with van der Waals surface area (Å²) in [6.07, 6.45) is 3.80. The van der Waals surface area contributed by atoms with Crippen molar-refractivity contribution in [2.45, 2.75) is 18.9 Å². The van der Waals surface area contributed by atoms with Crippen molar-refractivity contribution >= 4 is 29.1 Å². The lowest BCUT2D eigenvalue weighted by Crippen LogP contribution is -2.27. The Kier molecular flexibility index (Phi) is 4.92. The molecule has 0 radical (unpaired) electrons. The molecule has 1 saturated carbocycles. The molecule has 1 aromatic carbocycles. The van der Waals surface area contributed by atoms with E-state index < -0.39 is 0 Å². The number of aromatic nitrogens is 2. The molecule has 1 fully saturated rings. The SMILES string of the molecule is Cn1ncc(NC(=O)C2CC2c2ccc(Cl)cc2)c1C(=O)NCc1ccco1. The first-order valence-corrected chi connectivity index (χ1v) is 9.29. The van der Waals surface area contributed by atoms with Crippen LogP contribution in [-0.2, 0) is 18.4 Å². The van der Waals surface area contributed by atoms with Gasteiger partial charge >= 0.3 is 0 Å². The van der Waals surface area contributed by atoms with Crippen LogP contribution in [0.4, 0.5) is 5.69 Å². The molecule has 2 amide bonds. The van der Waals surface area contributed by atoms with Crippen molar-refractivity contribution < 1.29 is 14.0 Å². The van der Waals surface area contributed by atoms with Gasteiger partial charge in [-0.2, -0.15) is 5.10 Å². The highest BCUT2D eigenvalue weighted by Crippen LogP contribution is 2.48. The number of halogens is 1. The highest BCUT2D eigenvalue weighted by molar-refractivity contribution is 6.30. The van der Waals surface area contributed by atoms with E-state index in [1.807, 2.05) is 24.3 Å². The van der Waals surface area contributed by atoms with Gasteiger partial charge in [0.2, 0.25) is 5.91 Å². The highest BCUT2D eigenvalue weighted by atomic mass is 35.5. The number of carbonyl (C=O) groups excluding carboxylic acids is 2. The number of furan rings is 1. The lowest BCUT2D eigenvalue weighted by atomic mass is 10.1. The average Bonchev–Trinajstić information content (AvgIpc) is 3.14. The van der Waals surface area contributed by atoms with Gasteiger partial charge in [-0.05, 0) is 42.2 Å². The lowest BCUT2D eigenvalue weighted by molar-refractivity contribution is -0.117. The molecule has 144 valence electrons. The van der Waals surface area contributed by atoms with Crippen molar-refractivity contribution in [1.82, 2.24) is 15.1 Å². The van der Waals surface area contributed by atoms with E-state index in [-0.39, 0.29) is 30.2 Å². The first-order chi connectivity index (χ1) is 13.5. The summed E-state index contributed by atoms with van der Waals surface area (Å²) in [6.45, 7) is 0.256. The first kappa shape index (κ1) is 18.3. The molecule has 1 aliphatic carbocycles. The Bertz CT molecular complexity index is 995. The summed E-state index contributed by atoms with van der Waals surface area (Å²) in [5, 5.41) is 10.4. The number of hydrogen-bond acceptors (Lipinski definition) is 4. The van der Waals surface area contributed by atoms with E-state index in [4.69, 9.17) is 16.0 Å². The summed E-state index contributed by atoms with van der Waals surface area (Å²) in [5.74, 6) is 0.236. The molecular formula is C20H19ClN4O3. The van der Waals surface area contributed by atoms with Crippen molar-refractivity contribution in [1.29, 1.82) is 0 Å². The Labute approximate surface area is 166 Å². The van der Waals surface area contributed by atoms with Crippen LogP contribution in [0.25, 0.3) is 0 Å². The Balaban J connectivity index is 1.40. The van der Waals surface area contributed by atoms with E-state index in [1.54, 1.807) is 25.4 Å². The molecule has 0 bridgehead atoms. The summed E-state index contributed by atoms with van der Waals surface area (Å²) in [4.78, 5) is 25.2. The fourth-order valence-electron chi connectivity index (χ4n) is 3.25. The van der Waals surface area contributed by atoms with E-state index in [1.165, 1.54) is 10.9 Å². The van der Waals surface area contributed by atoms with Gasteiger partial charge in [-0.15, -0.1) is 0 Å². The van der Waals surface area contributed by atoms with Gasteiger partial charge in [-0.1, -0.05) is 23.7 Å². The van der Waals surface area contributed by atoms with Gasteiger partial charge in [-0.25, -0.2) is 0 Å².